The molecule has 8 heteroatoms. The summed E-state index contributed by atoms with van der Waals surface area (Å²) in [5, 5.41) is 13.6. The van der Waals surface area contributed by atoms with Gasteiger partial charge in [-0.2, -0.15) is 13.2 Å². The summed E-state index contributed by atoms with van der Waals surface area (Å²) in [7, 11) is 0. The molecule has 2 N–H and O–H groups in total. The summed E-state index contributed by atoms with van der Waals surface area (Å²) in [4.78, 5) is 13.0. The van der Waals surface area contributed by atoms with E-state index in [0.29, 0.717) is 25.2 Å². The number of halogens is 3. The standard InChI is InChI=1S/C10H16F3N3O2/c1-7-4-16(3-2-8(7)15-18)5-9(17)14-6-10(11,12)13/h7,18H,2-6H2,1H3,(H,14,17). The van der Waals surface area contributed by atoms with Crippen molar-refractivity contribution in [2.24, 2.45) is 11.1 Å². The summed E-state index contributed by atoms with van der Waals surface area (Å²) in [6.07, 6.45) is -3.87. The highest BCUT2D eigenvalue weighted by atomic mass is 19.4. The van der Waals surface area contributed by atoms with Gasteiger partial charge in [0, 0.05) is 25.4 Å². The molecule has 0 bridgehead atoms. The van der Waals surface area contributed by atoms with Gasteiger partial charge in [0.05, 0.1) is 12.3 Å². The van der Waals surface area contributed by atoms with Crippen LogP contribution in [0.25, 0.3) is 0 Å². The van der Waals surface area contributed by atoms with E-state index in [-0.39, 0.29) is 12.5 Å². The maximum atomic E-state index is 11.9. The smallest absolute Gasteiger partial charge is 0.405 e. The number of nitrogens with one attached hydrogen (secondary N) is 1. The number of hydrogen-bond acceptors (Lipinski definition) is 4. The molecule has 1 fully saturated rings. The Morgan fingerprint density at radius 2 is 2.28 bits per heavy atom. The fourth-order valence-electron chi connectivity index (χ4n) is 1.85. The Bertz CT molecular complexity index is 331. The van der Waals surface area contributed by atoms with Gasteiger partial charge in [-0.15, -0.1) is 0 Å². The van der Waals surface area contributed by atoms with Crippen molar-refractivity contribution in [2.75, 3.05) is 26.2 Å². The average molecular weight is 267 g/mol. The van der Waals surface area contributed by atoms with E-state index in [9.17, 15) is 18.0 Å². The zero-order chi connectivity index (χ0) is 13.8. The first-order valence-corrected chi connectivity index (χ1v) is 5.58. The number of nitrogens with zero attached hydrogens (tertiary/aromatic N) is 2. The topological polar surface area (TPSA) is 64.9 Å². The van der Waals surface area contributed by atoms with Crippen molar-refractivity contribution in [3.05, 3.63) is 0 Å². The third-order valence-corrected chi connectivity index (χ3v) is 2.77. The van der Waals surface area contributed by atoms with Gasteiger partial charge in [0.2, 0.25) is 5.91 Å². The number of carbonyl (C=O) groups excluding carboxylic acids is 1. The Labute approximate surface area is 103 Å². The molecule has 1 aliphatic rings. The van der Waals surface area contributed by atoms with Gasteiger partial charge >= 0.3 is 6.18 Å². The van der Waals surface area contributed by atoms with Crippen LogP contribution in [0.5, 0.6) is 0 Å². The lowest BCUT2D eigenvalue weighted by molar-refractivity contribution is -0.139. The summed E-state index contributed by atoms with van der Waals surface area (Å²) in [5.74, 6) is -0.650. The molecule has 0 aromatic carbocycles. The van der Waals surface area contributed by atoms with Crippen molar-refractivity contribution in [2.45, 2.75) is 19.5 Å². The molecule has 5 nitrogen and oxygen atoms in total. The summed E-state index contributed by atoms with van der Waals surface area (Å²) in [6.45, 7) is 1.47. The monoisotopic (exact) mass is 267 g/mol. The summed E-state index contributed by atoms with van der Waals surface area (Å²) in [6, 6.07) is 0. The number of oxime groups is 1. The van der Waals surface area contributed by atoms with Gasteiger partial charge in [-0.25, -0.2) is 0 Å². The van der Waals surface area contributed by atoms with Crippen LogP contribution in [-0.4, -0.2) is 54.1 Å². The zero-order valence-corrected chi connectivity index (χ0v) is 10.00. The minimum absolute atomic E-state index is 0.000772. The second-order valence-corrected chi connectivity index (χ2v) is 4.37. The summed E-state index contributed by atoms with van der Waals surface area (Å²) >= 11 is 0. The predicted molar refractivity (Wildman–Crippen MR) is 58.5 cm³/mol. The lowest BCUT2D eigenvalue weighted by Gasteiger charge is -2.30. The number of rotatable bonds is 3. The van der Waals surface area contributed by atoms with Crippen LogP contribution in [0.2, 0.25) is 0 Å². The van der Waals surface area contributed by atoms with Crippen molar-refractivity contribution < 1.29 is 23.2 Å². The van der Waals surface area contributed by atoms with Crippen LogP contribution < -0.4 is 5.32 Å². The minimum Gasteiger partial charge on any atom is -0.411 e. The Hall–Kier alpha value is -1.31. The lowest BCUT2D eigenvalue weighted by Crippen LogP contribution is -2.46. The van der Waals surface area contributed by atoms with Gasteiger partial charge in [0.15, 0.2) is 0 Å². The number of alkyl halides is 3. The van der Waals surface area contributed by atoms with Crippen molar-refractivity contribution in [3.63, 3.8) is 0 Å². The summed E-state index contributed by atoms with van der Waals surface area (Å²) < 4.78 is 35.6. The van der Waals surface area contributed by atoms with Crippen LogP contribution in [0.1, 0.15) is 13.3 Å². The van der Waals surface area contributed by atoms with Crippen LogP contribution >= 0.6 is 0 Å². The second-order valence-electron chi connectivity index (χ2n) is 4.37. The zero-order valence-electron chi connectivity index (χ0n) is 10.00. The number of amides is 1. The normalized spacial score (nSPS) is 24.2. The first-order valence-electron chi connectivity index (χ1n) is 5.58. The molecule has 0 saturated carbocycles. The van der Waals surface area contributed by atoms with Gasteiger partial charge in [-0.05, 0) is 0 Å². The molecule has 0 spiro atoms. The minimum atomic E-state index is -4.39. The largest absolute Gasteiger partial charge is 0.411 e. The van der Waals surface area contributed by atoms with E-state index >= 15 is 0 Å². The third-order valence-electron chi connectivity index (χ3n) is 2.77. The van der Waals surface area contributed by atoms with Crippen molar-refractivity contribution in [1.29, 1.82) is 0 Å². The van der Waals surface area contributed by atoms with Crippen molar-refractivity contribution in [1.82, 2.24) is 10.2 Å². The van der Waals surface area contributed by atoms with E-state index in [2.05, 4.69) is 5.16 Å². The average Bonchev–Trinajstić information content (AvgIpc) is 2.26. The number of piperidine rings is 1. The molecule has 1 heterocycles. The molecular weight excluding hydrogens is 251 g/mol. The van der Waals surface area contributed by atoms with E-state index in [0.717, 1.165) is 0 Å². The molecular formula is C10H16F3N3O2. The highest BCUT2D eigenvalue weighted by molar-refractivity contribution is 5.87. The second kappa shape index (κ2) is 6.03. The van der Waals surface area contributed by atoms with Crippen molar-refractivity contribution in [3.8, 4) is 0 Å². The Morgan fingerprint density at radius 1 is 1.61 bits per heavy atom. The van der Waals surface area contributed by atoms with Crippen LogP contribution in [0.15, 0.2) is 5.16 Å². The molecule has 104 valence electrons. The molecule has 0 aromatic heterocycles. The molecule has 1 rings (SSSR count). The molecule has 18 heavy (non-hydrogen) atoms. The highest BCUT2D eigenvalue weighted by Gasteiger charge is 2.29. The third kappa shape index (κ3) is 4.91. The van der Waals surface area contributed by atoms with Crippen LogP contribution in [0, 0.1) is 5.92 Å². The van der Waals surface area contributed by atoms with Crippen LogP contribution in [-0.2, 0) is 4.79 Å². The quantitative estimate of drug-likeness (QED) is 0.588. The first kappa shape index (κ1) is 14.7. The Balaban J connectivity index is 2.34. The summed E-state index contributed by atoms with van der Waals surface area (Å²) in [5.41, 5.74) is 0.655. The van der Waals surface area contributed by atoms with Crippen molar-refractivity contribution >= 4 is 11.6 Å². The predicted octanol–water partition coefficient (Wildman–Crippen LogP) is 0.837. The van der Waals surface area contributed by atoms with Gasteiger partial charge in [-0.1, -0.05) is 12.1 Å². The Morgan fingerprint density at radius 3 is 2.78 bits per heavy atom. The number of carbonyl (C=O) groups is 1. The fourth-order valence-corrected chi connectivity index (χ4v) is 1.85. The van der Waals surface area contributed by atoms with E-state index in [1.807, 2.05) is 12.2 Å². The van der Waals surface area contributed by atoms with E-state index in [1.54, 1.807) is 4.90 Å². The molecule has 0 radical (unpaired) electrons. The maximum Gasteiger partial charge on any atom is 0.405 e. The highest BCUT2D eigenvalue weighted by Crippen LogP contribution is 2.14. The lowest BCUT2D eigenvalue weighted by atomic mass is 9.98. The Kier molecular flexibility index (Phi) is 4.94. The molecule has 0 aromatic rings. The SMILES string of the molecule is CC1CN(CC(=O)NCC(F)(F)F)CCC1=NO. The van der Waals surface area contributed by atoms with E-state index in [1.165, 1.54) is 0 Å². The molecule has 1 atom stereocenters. The van der Waals surface area contributed by atoms with E-state index < -0.39 is 18.6 Å². The van der Waals surface area contributed by atoms with Gasteiger partial charge in [0.25, 0.3) is 0 Å². The van der Waals surface area contributed by atoms with Gasteiger partial charge < -0.3 is 10.5 Å². The fraction of sp³-hybridized carbons (Fsp3) is 0.800. The van der Waals surface area contributed by atoms with Crippen LogP contribution in [0.4, 0.5) is 13.2 Å². The molecule has 1 saturated heterocycles. The van der Waals surface area contributed by atoms with E-state index in [4.69, 9.17) is 5.21 Å². The number of likely N-dealkylation sites (tertiary alicyclic amines) is 1. The van der Waals surface area contributed by atoms with Crippen LogP contribution in [0.3, 0.4) is 0 Å². The molecule has 1 unspecified atom stereocenters. The van der Waals surface area contributed by atoms with Gasteiger partial charge in [-0.3, -0.25) is 9.69 Å². The maximum absolute atomic E-state index is 11.9. The molecule has 1 aliphatic heterocycles. The molecule has 0 aliphatic carbocycles. The van der Waals surface area contributed by atoms with Gasteiger partial charge in [0.1, 0.15) is 6.54 Å². The molecule has 1 amide bonds. The first-order chi connectivity index (χ1) is 8.31. The number of hydrogen-bond donors (Lipinski definition) is 2.